The molecule has 194 valence electrons. The van der Waals surface area contributed by atoms with Crippen molar-refractivity contribution in [3.8, 4) is 0 Å². The van der Waals surface area contributed by atoms with Gasteiger partial charge >= 0.3 is 5.97 Å². The molecule has 1 heterocycles. The van der Waals surface area contributed by atoms with E-state index in [1.807, 2.05) is 60.7 Å². The number of aromatic nitrogens is 1. The monoisotopic (exact) mass is 522 g/mol. The summed E-state index contributed by atoms with van der Waals surface area (Å²) in [5.74, 6) is -0.757. The summed E-state index contributed by atoms with van der Waals surface area (Å²) < 4.78 is 15.3. The van der Waals surface area contributed by atoms with Crippen molar-refractivity contribution < 1.29 is 23.8 Å². The van der Waals surface area contributed by atoms with Crippen LogP contribution in [0.5, 0.6) is 0 Å². The first-order valence-electron chi connectivity index (χ1n) is 11.6. The summed E-state index contributed by atoms with van der Waals surface area (Å²) in [5.41, 5.74) is 2.30. The van der Waals surface area contributed by atoms with E-state index in [2.05, 4.69) is 15.6 Å². The average Bonchev–Trinajstić information content (AvgIpc) is 2.90. The number of methoxy groups -OCH3 is 1. The third-order valence-electron chi connectivity index (χ3n) is 4.83. The van der Waals surface area contributed by atoms with Crippen molar-refractivity contribution >= 4 is 51.5 Å². The quantitative estimate of drug-likeness (QED) is 0.0921. The maximum atomic E-state index is 12.4. The molecule has 9 nitrogen and oxygen atoms in total. The van der Waals surface area contributed by atoms with Gasteiger partial charge in [-0.2, -0.15) is 0 Å². The van der Waals surface area contributed by atoms with E-state index in [1.54, 1.807) is 26.3 Å². The van der Waals surface area contributed by atoms with Crippen molar-refractivity contribution in [2.75, 3.05) is 32.9 Å². The number of fused-ring (bicyclic) bond motifs is 1. The number of thioether (sulfide) groups is 1. The highest BCUT2D eigenvalue weighted by molar-refractivity contribution is 8.13. The van der Waals surface area contributed by atoms with Gasteiger partial charge in [-0.25, -0.2) is 9.79 Å². The summed E-state index contributed by atoms with van der Waals surface area (Å²) in [5, 5.41) is 7.42. The molecule has 1 atom stereocenters. The second-order valence-electron chi connectivity index (χ2n) is 7.71. The number of ether oxygens (including phenoxy) is 3. The SMILES string of the molecule is COCCOCC(=O)OCS/C(=N/c1cccc2cccnc12)NC(C)NC(=O)/C=C/c1ccccc1. The summed E-state index contributed by atoms with van der Waals surface area (Å²) in [4.78, 5) is 33.5. The van der Waals surface area contributed by atoms with Gasteiger partial charge in [-0.15, -0.1) is 0 Å². The summed E-state index contributed by atoms with van der Waals surface area (Å²) in [6.45, 7) is 2.32. The van der Waals surface area contributed by atoms with Gasteiger partial charge in [-0.05, 0) is 42.5 Å². The van der Waals surface area contributed by atoms with Gasteiger partial charge in [0.2, 0.25) is 5.91 Å². The predicted molar refractivity (Wildman–Crippen MR) is 146 cm³/mol. The number of para-hydroxylation sites is 1. The number of pyridine rings is 1. The Morgan fingerprint density at radius 1 is 1.05 bits per heavy atom. The topological polar surface area (TPSA) is 111 Å². The third kappa shape index (κ3) is 10.0. The highest BCUT2D eigenvalue weighted by atomic mass is 32.2. The molecule has 0 saturated heterocycles. The summed E-state index contributed by atoms with van der Waals surface area (Å²) in [7, 11) is 1.56. The zero-order chi connectivity index (χ0) is 26.3. The molecule has 1 aromatic heterocycles. The van der Waals surface area contributed by atoms with Gasteiger partial charge in [-0.1, -0.05) is 48.5 Å². The van der Waals surface area contributed by atoms with Gasteiger partial charge in [0.15, 0.2) is 5.17 Å². The number of nitrogens with zero attached hydrogens (tertiary/aromatic N) is 2. The molecule has 3 aromatic rings. The first-order valence-corrected chi connectivity index (χ1v) is 12.6. The van der Waals surface area contributed by atoms with E-state index in [0.29, 0.717) is 24.1 Å². The van der Waals surface area contributed by atoms with Crippen LogP contribution in [-0.2, 0) is 23.8 Å². The molecule has 3 rings (SSSR count). The molecular formula is C27H30N4O5S. The number of aliphatic imine (C=N–C) groups is 1. The molecule has 0 aliphatic carbocycles. The number of hydrogen-bond acceptors (Lipinski definition) is 8. The minimum Gasteiger partial charge on any atom is -0.452 e. The number of carbonyl (C=O) groups excluding carboxylic acids is 2. The molecule has 2 N–H and O–H groups in total. The smallest absolute Gasteiger partial charge is 0.332 e. The molecule has 0 saturated carbocycles. The zero-order valence-electron chi connectivity index (χ0n) is 20.8. The normalized spacial score (nSPS) is 12.4. The van der Waals surface area contributed by atoms with E-state index in [9.17, 15) is 9.59 Å². The number of esters is 1. The van der Waals surface area contributed by atoms with Crippen LogP contribution < -0.4 is 10.6 Å². The number of amides is 1. The lowest BCUT2D eigenvalue weighted by Crippen LogP contribution is -2.44. The molecule has 0 radical (unpaired) electrons. The van der Waals surface area contributed by atoms with E-state index in [-0.39, 0.29) is 18.5 Å². The maximum Gasteiger partial charge on any atom is 0.332 e. The van der Waals surface area contributed by atoms with Crippen LogP contribution in [0.25, 0.3) is 17.0 Å². The van der Waals surface area contributed by atoms with Crippen molar-refractivity contribution in [2.45, 2.75) is 13.1 Å². The highest BCUT2D eigenvalue weighted by Gasteiger charge is 2.12. The molecule has 1 amide bonds. The van der Waals surface area contributed by atoms with Gasteiger partial charge in [0.1, 0.15) is 12.5 Å². The van der Waals surface area contributed by atoms with Crippen LogP contribution in [0.1, 0.15) is 12.5 Å². The third-order valence-corrected chi connectivity index (χ3v) is 5.54. The summed E-state index contributed by atoms with van der Waals surface area (Å²) in [6, 6.07) is 19.1. The highest BCUT2D eigenvalue weighted by Crippen LogP contribution is 2.24. The van der Waals surface area contributed by atoms with Crippen LogP contribution in [0.4, 0.5) is 5.69 Å². The number of hydrogen-bond donors (Lipinski definition) is 2. The van der Waals surface area contributed by atoms with Crippen LogP contribution in [0.3, 0.4) is 0 Å². The van der Waals surface area contributed by atoms with E-state index < -0.39 is 12.1 Å². The minimum atomic E-state index is -0.498. The van der Waals surface area contributed by atoms with Gasteiger partial charge in [0.05, 0.1) is 30.6 Å². The van der Waals surface area contributed by atoms with Crippen LogP contribution in [0.2, 0.25) is 0 Å². The number of benzene rings is 2. The molecule has 0 aliphatic heterocycles. The molecule has 1 unspecified atom stereocenters. The van der Waals surface area contributed by atoms with Gasteiger partial charge in [0, 0.05) is 24.8 Å². The zero-order valence-corrected chi connectivity index (χ0v) is 21.6. The lowest BCUT2D eigenvalue weighted by atomic mass is 10.2. The molecule has 10 heteroatoms. The number of amidine groups is 1. The second-order valence-corrected chi connectivity index (χ2v) is 8.62. The number of nitrogens with one attached hydrogen (secondary N) is 2. The van der Waals surface area contributed by atoms with Crippen LogP contribution in [0, 0.1) is 0 Å². The largest absolute Gasteiger partial charge is 0.452 e. The predicted octanol–water partition coefficient (Wildman–Crippen LogP) is 3.88. The van der Waals surface area contributed by atoms with Crippen LogP contribution in [0.15, 0.2) is 77.9 Å². The van der Waals surface area contributed by atoms with Crippen molar-refractivity contribution in [3.05, 3.63) is 78.5 Å². The van der Waals surface area contributed by atoms with Gasteiger partial charge in [-0.3, -0.25) is 9.78 Å². The van der Waals surface area contributed by atoms with Crippen molar-refractivity contribution in [2.24, 2.45) is 4.99 Å². The summed E-state index contributed by atoms with van der Waals surface area (Å²) >= 11 is 1.18. The molecular weight excluding hydrogens is 492 g/mol. The van der Waals surface area contributed by atoms with E-state index in [0.717, 1.165) is 16.5 Å². The van der Waals surface area contributed by atoms with Gasteiger partial charge in [0.25, 0.3) is 0 Å². The average molecular weight is 523 g/mol. The number of carbonyl (C=O) groups is 2. The second kappa shape index (κ2) is 15.4. The first kappa shape index (κ1) is 27.9. The van der Waals surface area contributed by atoms with Crippen LogP contribution >= 0.6 is 11.8 Å². The van der Waals surface area contributed by atoms with E-state index in [1.165, 1.54) is 17.8 Å². The fraction of sp³-hybridized carbons (Fsp3) is 0.259. The Hall–Kier alpha value is -3.73. The van der Waals surface area contributed by atoms with E-state index in [4.69, 9.17) is 19.2 Å². The van der Waals surface area contributed by atoms with Crippen LogP contribution in [-0.4, -0.2) is 61.1 Å². The lowest BCUT2D eigenvalue weighted by Gasteiger charge is -2.17. The molecule has 0 spiro atoms. The molecule has 0 bridgehead atoms. The molecule has 0 aliphatic rings. The fourth-order valence-electron chi connectivity index (χ4n) is 3.10. The van der Waals surface area contributed by atoms with Crippen molar-refractivity contribution in [1.82, 2.24) is 15.6 Å². The van der Waals surface area contributed by atoms with Gasteiger partial charge < -0.3 is 24.8 Å². The Balaban J connectivity index is 1.65. The van der Waals surface area contributed by atoms with Crippen molar-refractivity contribution in [1.29, 1.82) is 0 Å². The van der Waals surface area contributed by atoms with E-state index >= 15 is 0 Å². The number of rotatable bonds is 12. The Morgan fingerprint density at radius 2 is 1.86 bits per heavy atom. The minimum absolute atomic E-state index is 0.00504. The first-order chi connectivity index (χ1) is 18.0. The van der Waals surface area contributed by atoms with Crippen molar-refractivity contribution in [3.63, 3.8) is 0 Å². The fourth-order valence-corrected chi connectivity index (χ4v) is 3.83. The Morgan fingerprint density at radius 3 is 2.68 bits per heavy atom. The summed E-state index contributed by atoms with van der Waals surface area (Å²) in [6.07, 6.45) is 4.45. The Bertz CT molecular complexity index is 1210. The molecule has 2 aromatic carbocycles. The Kier molecular flexibility index (Phi) is 11.6. The molecule has 37 heavy (non-hydrogen) atoms. The lowest BCUT2D eigenvalue weighted by molar-refractivity contribution is -0.147. The Labute approximate surface area is 220 Å². The maximum absolute atomic E-state index is 12.4. The molecule has 0 fully saturated rings. The standard InChI is InChI=1S/C27H30N4O5S/c1-20(29-24(32)14-13-21-8-4-3-5-9-21)30-27(37-19-36-25(33)18-35-17-16-34-2)31-23-12-6-10-22-11-7-15-28-26(22)23/h3-15,20H,16-19H2,1-2H3,(H,29,32)(H,30,31)/b14-13+.